The maximum absolute atomic E-state index is 3.74. The van der Waals surface area contributed by atoms with E-state index < -0.39 is 0 Å². The Hall–Kier alpha value is -0.820. The van der Waals surface area contributed by atoms with Gasteiger partial charge < -0.3 is 5.32 Å². The first-order valence-corrected chi connectivity index (χ1v) is 8.01. The van der Waals surface area contributed by atoms with Crippen molar-refractivity contribution in [1.82, 2.24) is 5.32 Å². The van der Waals surface area contributed by atoms with Crippen molar-refractivity contribution in [3.8, 4) is 0 Å². The molecule has 0 aromatic heterocycles. The maximum atomic E-state index is 3.74. The van der Waals surface area contributed by atoms with Crippen molar-refractivity contribution in [3.05, 3.63) is 34.9 Å². The van der Waals surface area contributed by atoms with E-state index in [4.69, 9.17) is 0 Å². The highest BCUT2D eigenvalue weighted by molar-refractivity contribution is 5.34. The second kappa shape index (κ2) is 5.52. The third-order valence-electron chi connectivity index (χ3n) is 4.81. The van der Waals surface area contributed by atoms with Gasteiger partial charge in [0.05, 0.1) is 0 Å². The lowest BCUT2D eigenvalue weighted by atomic mass is 9.76. The van der Waals surface area contributed by atoms with Crippen molar-refractivity contribution in [1.29, 1.82) is 0 Å². The van der Waals surface area contributed by atoms with Crippen LogP contribution < -0.4 is 5.32 Å². The summed E-state index contributed by atoms with van der Waals surface area (Å²) in [6.07, 6.45) is 4.03. The van der Waals surface area contributed by atoms with Crippen LogP contribution in [0, 0.1) is 25.2 Å². The van der Waals surface area contributed by atoms with Gasteiger partial charge in [0.25, 0.3) is 0 Å². The lowest BCUT2D eigenvalue weighted by Gasteiger charge is -2.35. The van der Waals surface area contributed by atoms with Crippen molar-refractivity contribution in [2.24, 2.45) is 11.3 Å². The third-order valence-corrected chi connectivity index (χ3v) is 4.81. The molecule has 1 unspecified atom stereocenters. The topological polar surface area (TPSA) is 12.0 Å². The summed E-state index contributed by atoms with van der Waals surface area (Å²) in [5.74, 6) is 0.899. The minimum Gasteiger partial charge on any atom is -0.312 e. The fourth-order valence-corrected chi connectivity index (χ4v) is 3.13. The quantitative estimate of drug-likeness (QED) is 0.823. The van der Waals surface area contributed by atoms with Crippen LogP contribution in [0.5, 0.6) is 0 Å². The number of hydrogen-bond donors (Lipinski definition) is 1. The summed E-state index contributed by atoms with van der Waals surface area (Å²) in [6.45, 7) is 14.9. The Morgan fingerprint density at radius 2 is 1.60 bits per heavy atom. The van der Waals surface area contributed by atoms with Crippen LogP contribution in [0.25, 0.3) is 0 Å². The molecule has 1 saturated carbocycles. The summed E-state index contributed by atoms with van der Waals surface area (Å²) in [4.78, 5) is 0. The third kappa shape index (κ3) is 3.85. The molecule has 0 heterocycles. The Morgan fingerprint density at radius 3 is 2.05 bits per heavy atom. The summed E-state index contributed by atoms with van der Waals surface area (Å²) < 4.78 is 0. The van der Waals surface area contributed by atoms with Crippen LogP contribution >= 0.6 is 0 Å². The van der Waals surface area contributed by atoms with Crippen LogP contribution in [0.3, 0.4) is 0 Å². The zero-order valence-corrected chi connectivity index (χ0v) is 14.1. The van der Waals surface area contributed by atoms with Crippen LogP contribution in [-0.2, 0) is 6.42 Å². The van der Waals surface area contributed by atoms with E-state index in [9.17, 15) is 0 Å². The lowest BCUT2D eigenvalue weighted by molar-refractivity contribution is 0.227. The summed E-state index contributed by atoms with van der Waals surface area (Å²) >= 11 is 0. The Kier molecular flexibility index (Phi) is 4.30. The van der Waals surface area contributed by atoms with Crippen LogP contribution in [0.15, 0.2) is 18.2 Å². The Labute approximate surface area is 125 Å². The number of hydrogen-bond acceptors (Lipinski definition) is 1. The molecule has 0 spiro atoms. The fraction of sp³-hybridized carbons (Fsp3) is 0.684. The standard InChI is InChI=1S/C19H31N/c1-14-8-7-9-15(2)17(14)12-19(6,16-10-11-16)13-20-18(3,4)5/h7-9,16,20H,10-13H2,1-6H3. The molecule has 1 N–H and O–H groups in total. The Morgan fingerprint density at radius 1 is 1.05 bits per heavy atom. The van der Waals surface area contributed by atoms with E-state index in [1.54, 1.807) is 5.56 Å². The first kappa shape index (κ1) is 15.6. The molecule has 1 fully saturated rings. The molecule has 0 aliphatic heterocycles. The van der Waals surface area contributed by atoms with Crippen LogP contribution in [0.4, 0.5) is 0 Å². The summed E-state index contributed by atoms with van der Waals surface area (Å²) in [6, 6.07) is 6.69. The van der Waals surface area contributed by atoms with Crippen molar-refractivity contribution in [2.75, 3.05) is 6.54 Å². The van der Waals surface area contributed by atoms with E-state index in [0.29, 0.717) is 5.41 Å². The molecule has 20 heavy (non-hydrogen) atoms. The van der Waals surface area contributed by atoms with Crippen molar-refractivity contribution in [3.63, 3.8) is 0 Å². The second-order valence-electron chi connectivity index (χ2n) is 8.08. The molecule has 0 amide bonds. The number of benzene rings is 1. The van der Waals surface area contributed by atoms with Crippen molar-refractivity contribution in [2.45, 2.75) is 66.3 Å². The van der Waals surface area contributed by atoms with E-state index in [2.05, 4.69) is 65.1 Å². The molecular formula is C19H31N. The Bertz CT molecular complexity index is 445. The van der Waals surface area contributed by atoms with Gasteiger partial charge in [0.2, 0.25) is 0 Å². The van der Waals surface area contributed by atoms with E-state index >= 15 is 0 Å². The van der Waals surface area contributed by atoms with Crippen LogP contribution in [0.1, 0.15) is 57.2 Å². The summed E-state index contributed by atoms with van der Waals surface area (Å²) in [5, 5.41) is 3.74. The highest BCUT2D eigenvalue weighted by Crippen LogP contribution is 2.47. The average Bonchev–Trinajstić information content (AvgIpc) is 3.15. The van der Waals surface area contributed by atoms with Gasteiger partial charge >= 0.3 is 0 Å². The molecule has 112 valence electrons. The molecular weight excluding hydrogens is 242 g/mol. The van der Waals surface area contributed by atoms with Crippen LogP contribution in [-0.4, -0.2) is 12.1 Å². The van der Waals surface area contributed by atoms with Gasteiger partial charge in [-0.25, -0.2) is 0 Å². The van der Waals surface area contributed by atoms with E-state index in [-0.39, 0.29) is 5.54 Å². The minimum absolute atomic E-state index is 0.205. The van der Waals surface area contributed by atoms with Gasteiger partial charge in [-0.15, -0.1) is 0 Å². The van der Waals surface area contributed by atoms with E-state index in [0.717, 1.165) is 12.5 Å². The van der Waals surface area contributed by atoms with Gasteiger partial charge in [-0.3, -0.25) is 0 Å². The first-order chi connectivity index (χ1) is 9.21. The maximum Gasteiger partial charge on any atom is 0.00967 e. The van der Waals surface area contributed by atoms with E-state index in [1.165, 1.54) is 30.4 Å². The van der Waals surface area contributed by atoms with Gasteiger partial charge in [0.15, 0.2) is 0 Å². The molecule has 0 saturated heterocycles. The minimum atomic E-state index is 0.205. The molecule has 2 rings (SSSR count). The zero-order valence-electron chi connectivity index (χ0n) is 14.1. The van der Waals surface area contributed by atoms with Gasteiger partial charge in [0.1, 0.15) is 0 Å². The van der Waals surface area contributed by atoms with Gasteiger partial charge in [-0.05, 0) is 81.9 Å². The highest BCUT2D eigenvalue weighted by Gasteiger charge is 2.42. The Balaban J connectivity index is 2.17. The molecule has 0 radical (unpaired) electrons. The second-order valence-corrected chi connectivity index (χ2v) is 8.08. The summed E-state index contributed by atoms with van der Waals surface area (Å²) in [7, 11) is 0. The molecule has 1 aliphatic carbocycles. The van der Waals surface area contributed by atoms with Crippen molar-refractivity contribution >= 4 is 0 Å². The fourth-order valence-electron chi connectivity index (χ4n) is 3.13. The zero-order chi connectivity index (χ0) is 15.0. The van der Waals surface area contributed by atoms with Gasteiger partial charge in [-0.2, -0.15) is 0 Å². The summed E-state index contributed by atoms with van der Waals surface area (Å²) in [5.41, 5.74) is 5.07. The molecule has 1 nitrogen and oxygen atoms in total. The molecule has 0 bridgehead atoms. The molecule has 1 atom stereocenters. The smallest absolute Gasteiger partial charge is 0.00967 e. The predicted molar refractivity (Wildman–Crippen MR) is 88.2 cm³/mol. The van der Waals surface area contributed by atoms with Crippen LogP contribution in [0.2, 0.25) is 0 Å². The SMILES string of the molecule is Cc1cccc(C)c1CC(C)(CNC(C)(C)C)C1CC1. The van der Waals surface area contributed by atoms with Gasteiger partial charge in [0, 0.05) is 12.1 Å². The van der Waals surface area contributed by atoms with Gasteiger partial charge in [-0.1, -0.05) is 25.1 Å². The van der Waals surface area contributed by atoms with Crippen molar-refractivity contribution < 1.29 is 0 Å². The monoisotopic (exact) mass is 273 g/mol. The number of aryl methyl sites for hydroxylation is 2. The normalized spacial score (nSPS) is 18.9. The largest absolute Gasteiger partial charge is 0.312 e. The predicted octanol–water partition coefficient (Wildman–Crippen LogP) is 4.65. The average molecular weight is 273 g/mol. The molecule has 1 heteroatoms. The highest BCUT2D eigenvalue weighted by atomic mass is 15.0. The molecule has 1 aliphatic rings. The molecule has 1 aromatic rings. The lowest BCUT2D eigenvalue weighted by Crippen LogP contribution is -2.44. The number of rotatable bonds is 5. The first-order valence-electron chi connectivity index (χ1n) is 8.01. The number of nitrogens with one attached hydrogen (secondary N) is 1. The van der Waals surface area contributed by atoms with E-state index in [1.807, 2.05) is 0 Å². The molecule has 1 aromatic carbocycles.